The molecule has 0 unspecified atom stereocenters. The Labute approximate surface area is 137 Å². The number of rotatable bonds is 5. The van der Waals surface area contributed by atoms with Gasteiger partial charge in [0.25, 0.3) is 0 Å². The van der Waals surface area contributed by atoms with Crippen molar-refractivity contribution in [3.8, 4) is 0 Å². The first-order valence-corrected chi connectivity index (χ1v) is 8.13. The molecule has 0 heterocycles. The van der Waals surface area contributed by atoms with Crippen LogP contribution in [0.15, 0.2) is 51.4 Å². The van der Waals surface area contributed by atoms with Gasteiger partial charge in [0, 0.05) is 28.2 Å². The number of benzene rings is 2. The van der Waals surface area contributed by atoms with Crippen LogP contribution in [0.4, 0.5) is 5.69 Å². The van der Waals surface area contributed by atoms with Gasteiger partial charge < -0.3 is 10.6 Å². The third kappa shape index (κ3) is 4.08. The van der Waals surface area contributed by atoms with E-state index in [1.165, 1.54) is 16.8 Å². The van der Waals surface area contributed by atoms with Gasteiger partial charge in [-0.1, -0.05) is 44.0 Å². The Kier molecular flexibility index (Phi) is 5.64. The number of hydrogen-bond acceptors (Lipinski definition) is 2. The van der Waals surface area contributed by atoms with Crippen LogP contribution in [0.1, 0.15) is 11.1 Å². The Bertz CT molecular complexity index is 567. The topological polar surface area (TPSA) is 29.3 Å². The number of nitrogens with zero attached hydrogens (tertiary/aromatic N) is 1. The highest BCUT2D eigenvalue weighted by molar-refractivity contribution is 9.10. The minimum atomic E-state index is 0.662. The summed E-state index contributed by atoms with van der Waals surface area (Å²) < 4.78 is 2.21. The normalized spacial score (nSPS) is 10.6. The van der Waals surface area contributed by atoms with Crippen LogP contribution < -0.4 is 10.6 Å². The van der Waals surface area contributed by atoms with Crippen molar-refractivity contribution in [1.29, 1.82) is 0 Å². The first kappa shape index (κ1) is 15.5. The van der Waals surface area contributed by atoms with Gasteiger partial charge in [-0.25, -0.2) is 0 Å². The van der Waals surface area contributed by atoms with Gasteiger partial charge in [0.1, 0.15) is 0 Å². The largest absolute Gasteiger partial charge is 0.370 e. The van der Waals surface area contributed by atoms with Crippen molar-refractivity contribution in [2.75, 3.05) is 18.5 Å². The lowest BCUT2D eigenvalue weighted by Crippen LogP contribution is -2.19. The monoisotopic (exact) mass is 396 g/mol. The Balaban J connectivity index is 2.19. The molecule has 2 nitrogen and oxygen atoms in total. The van der Waals surface area contributed by atoms with E-state index in [2.05, 4.69) is 86.3 Å². The molecule has 2 rings (SSSR count). The van der Waals surface area contributed by atoms with Crippen LogP contribution in [0.25, 0.3) is 0 Å². The molecule has 0 amide bonds. The fourth-order valence-electron chi connectivity index (χ4n) is 2.23. The SMILES string of the molecule is CN(Cc1ccc(Br)cc1)c1ccc(Br)cc1CCN. The fourth-order valence-corrected chi connectivity index (χ4v) is 2.90. The number of hydrogen-bond donors (Lipinski definition) is 1. The molecular weight excluding hydrogens is 380 g/mol. The first-order chi connectivity index (χ1) is 9.60. The summed E-state index contributed by atoms with van der Waals surface area (Å²) >= 11 is 6.99. The lowest BCUT2D eigenvalue weighted by Gasteiger charge is -2.23. The van der Waals surface area contributed by atoms with Gasteiger partial charge in [-0.3, -0.25) is 0 Å². The second-order valence-corrected chi connectivity index (χ2v) is 6.63. The first-order valence-electron chi connectivity index (χ1n) is 6.54. The Hall–Kier alpha value is -0.840. The maximum atomic E-state index is 5.71. The van der Waals surface area contributed by atoms with Crippen LogP contribution in [-0.4, -0.2) is 13.6 Å². The molecule has 0 aliphatic carbocycles. The lowest BCUT2D eigenvalue weighted by atomic mass is 10.1. The molecule has 4 heteroatoms. The Morgan fingerprint density at radius 3 is 2.30 bits per heavy atom. The molecule has 106 valence electrons. The molecule has 0 aromatic heterocycles. The number of anilines is 1. The molecule has 0 atom stereocenters. The molecule has 2 aromatic rings. The third-order valence-corrected chi connectivity index (χ3v) is 4.22. The van der Waals surface area contributed by atoms with Crippen molar-refractivity contribution in [3.05, 3.63) is 62.5 Å². The summed E-state index contributed by atoms with van der Waals surface area (Å²) in [7, 11) is 2.12. The summed E-state index contributed by atoms with van der Waals surface area (Å²) in [4.78, 5) is 2.26. The van der Waals surface area contributed by atoms with Gasteiger partial charge in [0.05, 0.1) is 0 Å². The molecule has 20 heavy (non-hydrogen) atoms. The highest BCUT2D eigenvalue weighted by Gasteiger charge is 2.08. The van der Waals surface area contributed by atoms with Crippen molar-refractivity contribution >= 4 is 37.5 Å². The lowest BCUT2D eigenvalue weighted by molar-refractivity contribution is 0.892. The van der Waals surface area contributed by atoms with Crippen molar-refractivity contribution in [3.63, 3.8) is 0 Å². The molecular formula is C16H18Br2N2. The van der Waals surface area contributed by atoms with Crippen molar-refractivity contribution in [2.24, 2.45) is 5.73 Å². The minimum Gasteiger partial charge on any atom is -0.370 e. The predicted octanol–water partition coefficient (Wildman–Crippen LogP) is 4.35. The molecule has 0 bridgehead atoms. The smallest absolute Gasteiger partial charge is 0.0426 e. The molecule has 0 spiro atoms. The summed E-state index contributed by atoms with van der Waals surface area (Å²) in [5.41, 5.74) is 9.52. The Morgan fingerprint density at radius 1 is 1.00 bits per heavy atom. The quantitative estimate of drug-likeness (QED) is 0.812. The van der Waals surface area contributed by atoms with E-state index in [1.54, 1.807) is 0 Å². The highest BCUT2D eigenvalue weighted by atomic mass is 79.9. The zero-order chi connectivity index (χ0) is 14.5. The van der Waals surface area contributed by atoms with Crippen molar-refractivity contribution in [2.45, 2.75) is 13.0 Å². The second-order valence-electron chi connectivity index (χ2n) is 4.79. The van der Waals surface area contributed by atoms with Gasteiger partial charge in [0.2, 0.25) is 0 Å². The molecule has 0 fully saturated rings. The maximum absolute atomic E-state index is 5.71. The molecule has 0 radical (unpaired) electrons. The summed E-state index contributed by atoms with van der Waals surface area (Å²) in [6.07, 6.45) is 0.888. The summed E-state index contributed by atoms with van der Waals surface area (Å²) in [5, 5.41) is 0. The summed E-state index contributed by atoms with van der Waals surface area (Å²) in [5.74, 6) is 0. The predicted molar refractivity (Wildman–Crippen MR) is 93.1 cm³/mol. The van der Waals surface area contributed by atoms with Gasteiger partial charge in [-0.2, -0.15) is 0 Å². The summed E-state index contributed by atoms with van der Waals surface area (Å²) in [6.45, 7) is 1.54. The average Bonchev–Trinajstić information content (AvgIpc) is 2.42. The van der Waals surface area contributed by atoms with Crippen molar-refractivity contribution < 1.29 is 0 Å². The van der Waals surface area contributed by atoms with Gasteiger partial charge in [-0.15, -0.1) is 0 Å². The third-order valence-electron chi connectivity index (χ3n) is 3.20. The van der Waals surface area contributed by atoms with Crippen LogP contribution in [0.2, 0.25) is 0 Å². The van der Waals surface area contributed by atoms with E-state index in [1.807, 2.05) is 0 Å². The highest BCUT2D eigenvalue weighted by Crippen LogP contribution is 2.25. The van der Waals surface area contributed by atoms with E-state index in [9.17, 15) is 0 Å². The Morgan fingerprint density at radius 2 is 1.65 bits per heavy atom. The number of halogens is 2. The number of nitrogens with two attached hydrogens (primary N) is 1. The van der Waals surface area contributed by atoms with Crippen LogP contribution in [-0.2, 0) is 13.0 Å². The molecule has 0 saturated heterocycles. The zero-order valence-corrected chi connectivity index (χ0v) is 14.6. The van der Waals surface area contributed by atoms with Gasteiger partial charge >= 0.3 is 0 Å². The van der Waals surface area contributed by atoms with Crippen LogP contribution in [0, 0.1) is 0 Å². The fraction of sp³-hybridized carbons (Fsp3) is 0.250. The van der Waals surface area contributed by atoms with E-state index in [-0.39, 0.29) is 0 Å². The molecule has 2 aromatic carbocycles. The molecule has 0 aliphatic rings. The van der Waals surface area contributed by atoms with E-state index in [0.717, 1.165) is 21.9 Å². The average molecular weight is 398 g/mol. The molecule has 0 aliphatic heterocycles. The van der Waals surface area contributed by atoms with Crippen LogP contribution >= 0.6 is 31.9 Å². The maximum Gasteiger partial charge on any atom is 0.0426 e. The van der Waals surface area contributed by atoms with Crippen LogP contribution in [0.5, 0.6) is 0 Å². The van der Waals surface area contributed by atoms with E-state index in [0.29, 0.717) is 6.54 Å². The zero-order valence-electron chi connectivity index (χ0n) is 11.4. The second kappa shape index (κ2) is 7.25. The molecule has 2 N–H and O–H groups in total. The minimum absolute atomic E-state index is 0.662. The molecule has 0 saturated carbocycles. The van der Waals surface area contributed by atoms with E-state index < -0.39 is 0 Å². The van der Waals surface area contributed by atoms with E-state index in [4.69, 9.17) is 5.73 Å². The van der Waals surface area contributed by atoms with Gasteiger partial charge in [-0.05, 0) is 54.4 Å². The standard InChI is InChI=1S/C16H18Br2N2/c1-20(11-12-2-4-14(17)5-3-12)16-7-6-15(18)10-13(16)8-9-19/h2-7,10H,8-9,11,19H2,1H3. The van der Waals surface area contributed by atoms with Gasteiger partial charge in [0.15, 0.2) is 0 Å². The van der Waals surface area contributed by atoms with Crippen LogP contribution in [0.3, 0.4) is 0 Å². The van der Waals surface area contributed by atoms with Crippen molar-refractivity contribution in [1.82, 2.24) is 0 Å². The van der Waals surface area contributed by atoms with E-state index >= 15 is 0 Å². The summed E-state index contributed by atoms with van der Waals surface area (Å²) in [6, 6.07) is 14.8.